The summed E-state index contributed by atoms with van der Waals surface area (Å²) in [6.07, 6.45) is 0. The highest BCUT2D eigenvalue weighted by molar-refractivity contribution is 7.71. The molecule has 0 saturated heterocycles. The maximum atomic E-state index is 6.08. The number of nitrogens with zero attached hydrogens (tertiary/aromatic N) is 1. The fraction of sp³-hybridized carbons (Fsp3) is 0. The summed E-state index contributed by atoms with van der Waals surface area (Å²) in [7, 11) is 0. The van der Waals surface area contributed by atoms with E-state index in [0.717, 1.165) is 28.2 Å². The highest BCUT2D eigenvalue weighted by atomic mass is 35.5. The average molecular weight is 447 g/mol. The van der Waals surface area contributed by atoms with E-state index in [4.69, 9.17) is 47.0 Å². The number of H-pyrrole nitrogens is 1. The normalized spacial score (nSPS) is 10.8. The maximum absolute atomic E-state index is 6.08. The van der Waals surface area contributed by atoms with E-state index in [1.54, 1.807) is 0 Å². The third-order valence-electron chi connectivity index (χ3n) is 4.23. The molecule has 3 nitrogen and oxygen atoms in total. The first-order chi connectivity index (χ1) is 13.5. The lowest BCUT2D eigenvalue weighted by Crippen LogP contribution is -2.10. The summed E-state index contributed by atoms with van der Waals surface area (Å²) in [5.41, 5.74) is 7.90. The van der Waals surface area contributed by atoms with Gasteiger partial charge in [-0.3, -0.25) is 5.43 Å². The van der Waals surface area contributed by atoms with Crippen LogP contribution in [0.15, 0.2) is 72.8 Å². The van der Waals surface area contributed by atoms with Crippen molar-refractivity contribution >= 4 is 52.7 Å². The summed E-state index contributed by atoms with van der Waals surface area (Å²) in [6.45, 7) is 0. The van der Waals surface area contributed by atoms with Crippen LogP contribution >= 0.6 is 47.0 Å². The third kappa shape index (κ3) is 3.96. The molecule has 0 fully saturated rings. The Morgan fingerprint density at radius 1 is 0.679 bits per heavy atom. The summed E-state index contributed by atoms with van der Waals surface area (Å²) in [4.78, 5) is 3.31. The van der Waals surface area contributed by atoms with Gasteiger partial charge in [0.2, 0.25) is 0 Å². The van der Waals surface area contributed by atoms with Crippen LogP contribution in [0.5, 0.6) is 0 Å². The molecule has 4 aromatic rings. The predicted octanol–water partition coefficient (Wildman–Crippen LogP) is 7.72. The minimum absolute atomic E-state index is 0.532. The maximum Gasteiger partial charge on any atom is 0.197 e. The zero-order valence-corrected chi connectivity index (χ0v) is 17.5. The summed E-state index contributed by atoms with van der Waals surface area (Å²) < 4.78 is 2.37. The molecule has 3 aromatic carbocycles. The van der Waals surface area contributed by atoms with E-state index in [2.05, 4.69) is 10.4 Å². The van der Waals surface area contributed by atoms with Gasteiger partial charge >= 0.3 is 0 Å². The molecule has 4 rings (SSSR count). The topological polar surface area (TPSA) is 32.8 Å². The van der Waals surface area contributed by atoms with Crippen molar-refractivity contribution in [2.24, 2.45) is 0 Å². The van der Waals surface area contributed by atoms with Gasteiger partial charge in [0.1, 0.15) is 0 Å². The standard InChI is InChI=1S/C21H14Cl3N3S/c22-15-5-1-13(2-6-15)19-20(14-3-7-16(23)8-4-14)27(21(28)25-19)26-18-11-9-17(24)10-12-18/h1-12,26H,(H,25,28). The Hall–Kier alpha value is -2.24. The van der Waals surface area contributed by atoms with Gasteiger partial charge in [0, 0.05) is 26.2 Å². The van der Waals surface area contributed by atoms with Gasteiger partial charge in [-0.25, -0.2) is 4.68 Å². The molecule has 28 heavy (non-hydrogen) atoms. The fourth-order valence-corrected chi connectivity index (χ4v) is 3.52. The zero-order chi connectivity index (χ0) is 19.7. The van der Waals surface area contributed by atoms with Crippen molar-refractivity contribution in [3.8, 4) is 22.5 Å². The van der Waals surface area contributed by atoms with E-state index < -0.39 is 0 Å². The lowest BCUT2D eigenvalue weighted by molar-refractivity contribution is 0.942. The quantitative estimate of drug-likeness (QED) is 0.315. The number of hydrogen-bond donors (Lipinski definition) is 2. The van der Waals surface area contributed by atoms with Crippen molar-refractivity contribution < 1.29 is 0 Å². The molecule has 0 aliphatic carbocycles. The van der Waals surface area contributed by atoms with Crippen LogP contribution in [0.25, 0.3) is 22.5 Å². The van der Waals surface area contributed by atoms with E-state index in [-0.39, 0.29) is 0 Å². The smallest absolute Gasteiger partial charge is 0.197 e. The lowest BCUT2D eigenvalue weighted by Gasteiger charge is -2.13. The second-order valence-electron chi connectivity index (χ2n) is 6.12. The fourth-order valence-electron chi connectivity index (χ4n) is 2.90. The second kappa shape index (κ2) is 8.02. The molecule has 0 spiro atoms. The van der Waals surface area contributed by atoms with Crippen molar-refractivity contribution in [2.45, 2.75) is 0 Å². The van der Waals surface area contributed by atoms with Gasteiger partial charge in [0.25, 0.3) is 0 Å². The molecule has 1 aromatic heterocycles. The molecule has 0 radical (unpaired) electrons. The van der Waals surface area contributed by atoms with Crippen molar-refractivity contribution in [2.75, 3.05) is 5.43 Å². The molecule has 0 bridgehead atoms. The van der Waals surface area contributed by atoms with Gasteiger partial charge < -0.3 is 4.98 Å². The predicted molar refractivity (Wildman–Crippen MR) is 121 cm³/mol. The lowest BCUT2D eigenvalue weighted by atomic mass is 10.1. The van der Waals surface area contributed by atoms with Crippen LogP contribution in [0.3, 0.4) is 0 Å². The van der Waals surface area contributed by atoms with Crippen LogP contribution in [-0.2, 0) is 0 Å². The minimum atomic E-state index is 0.532. The molecule has 1 heterocycles. The number of halogens is 3. The molecule has 0 aliphatic heterocycles. The number of benzene rings is 3. The molecular weight excluding hydrogens is 433 g/mol. The molecule has 2 N–H and O–H groups in total. The van der Waals surface area contributed by atoms with Crippen LogP contribution in [0.4, 0.5) is 5.69 Å². The summed E-state index contributed by atoms with van der Waals surface area (Å²) in [6, 6.07) is 22.7. The molecule has 0 saturated carbocycles. The number of aromatic amines is 1. The summed E-state index contributed by atoms with van der Waals surface area (Å²) in [5.74, 6) is 0. The van der Waals surface area contributed by atoms with Crippen molar-refractivity contribution in [1.29, 1.82) is 0 Å². The van der Waals surface area contributed by atoms with Gasteiger partial charge in [0.15, 0.2) is 4.77 Å². The van der Waals surface area contributed by atoms with Crippen LogP contribution in [-0.4, -0.2) is 9.66 Å². The zero-order valence-electron chi connectivity index (χ0n) is 14.4. The van der Waals surface area contributed by atoms with E-state index in [1.807, 2.05) is 77.5 Å². The average Bonchev–Trinajstić information content (AvgIpc) is 3.01. The number of anilines is 1. The van der Waals surface area contributed by atoms with Crippen LogP contribution < -0.4 is 5.43 Å². The first kappa shape index (κ1) is 19.1. The first-order valence-electron chi connectivity index (χ1n) is 8.41. The molecule has 7 heteroatoms. The largest absolute Gasteiger partial charge is 0.329 e. The Kier molecular flexibility index (Phi) is 5.47. The molecule has 0 unspecified atom stereocenters. The monoisotopic (exact) mass is 445 g/mol. The van der Waals surface area contributed by atoms with Crippen LogP contribution in [0.2, 0.25) is 15.1 Å². The molecule has 0 atom stereocenters. The van der Waals surface area contributed by atoms with E-state index >= 15 is 0 Å². The Balaban J connectivity index is 1.89. The van der Waals surface area contributed by atoms with E-state index in [9.17, 15) is 0 Å². The highest BCUT2D eigenvalue weighted by Gasteiger charge is 2.16. The SMILES string of the molecule is S=c1[nH]c(-c2ccc(Cl)cc2)c(-c2ccc(Cl)cc2)n1Nc1ccc(Cl)cc1. The van der Waals surface area contributed by atoms with Crippen molar-refractivity contribution in [3.05, 3.63) is 92.6 Å². The van der Waals surface area contributed by atoms with E-state index in [0.29, 0.717) is 19.8 Å². The Bertz CT molecular complexity index is 1160. The van der Waals surface area contributed by atoms with Crippen molar-refractivity contribution in [1.82, 2.24) is 9.66 Å². The summed E-state index contributed by atoms with van der Waals surface area (Å²) >= 11 is 23.7. The summed E-state index contributed by atoms with van der Waals surface area (Å²) in [5, 5.41) is 2.01. The van der Waals surface area contributed by atoms with Gasteiger partial charge in [0.05, 0.1) is 17.1 Å². The van der Waals surface area contributed by atoms with E-state index in [1.165, 1.54) is 0 Å². The van der Waals surface area contributed by atoms with Gasteiger partial charge in [-0.15, -0.1) is 0 Å². The second-order valence-corrected chi connectivity index (χ2v) is 7.82. The first-order valence-corrected chi connectivity index (χ1v) is 9.95. The number of nitrogens with one attached hydrogen (secondary N) is 2. The minimum Gasteiger partial charge on any atom is -0.329 e. The Morgan fingerprint density at radius 3 is 1.68 bits per heavy atom. The van der Waals surface area contributed by atoms with Gasteiger partial charge in [-0.05, 0) is 60.7 Å². The third-order valence-corrected chi connectivity index (χ3v) is 5.27. The number of aromatic nitrogens is 2. The van der Waals surface area contributed by atoms with Crippen LogP contribution in [0, 0.1) is 4.77 Å². The number of imidazole rings is 1. The number of rotatable bonds is 4. The Labute approximate surface area is 182 Å². The number of hydrogen-bond acceptors (Lipinski definition) is 2. The molecule has 140 valence electrons. The van der Waals surface area contributed by atoms with Crippen LogP contribution in [0.1, 0.15) is 0 Å². The molecule has 0 amide bonds. The molecular formula is C21H14Cl3N3S. The van der Waals surface area contributed by atoms with Gasteiger partial charge in [-0.2, -0.15) is 0 Å². The Morgan fingerprint density at radius 2 is 1.14 bits per heavy atom. The van der Waals surface area contributed by atoms with Crippen molar-refractivity contribution in [3.63, 3.8) is 0 Å². The van der Waals surface area contributed by atoms with Gasteiger partial charge in [-0.1, -0.05) is 59.1 Å². The molecule has 0 aliphatic rings. The highest BCUT2D eigenvalue weighted by Crippen LogP contribution is 2.33.